The van der Waals surface area contributed by atoms with E-state index >= 15 is 0 Å². The standard InChI is InChI=1S/C10H11ClN2O2S/c11-10-9(5-4-6-12-10)16(14,15)13-7-2-1-3-8-13/h1-2,4-6H,3,7-8H2. The van der Waals surface area contributed by atoms with Gasteiger partial charge < -0.3 is 0 Å². The van der Waals surface area contributed by atoms with Crippen LogP contribution in [0.5, 0.6) is 0 Å². The molecule has 0 saturated heterocycles. The van der Waals surface area contributed by atoms with Crippen molar-refractivity contribution in [3.63, 3.8) is 0 Å². The topological polar surface area (TPSA) is 50.3 Å². The lowest BCUT2D eigenvalue weighted by atomic mass is 10.3. The van der Waals surface area contributed by atoms with Crippen LogP contribution >= 0.6 is 11.6 Å². The van der Waals surface area contributed by atoms with E-state index in [9.17, 15) is 8.42 Å². The molecule has 2 rings (SSSR count). The Kier molecular flexibility index (Phi) is 3.28. The summed E-state index contributed by atoms with van der Waals surface area (Å²) in [5.74, 6) is 0. The molecule has 0 fully saturated rings. The molecule has 1 aromatic rings. The lowest BCUT2D eigenvalue weighted by Gasteiger charge is -2.22. The second-order valence-corrected chi connectivity index (χ2v) is 5.68. The number of rotatable bonds is 2. The summed E-state index contributed by atoms with van der Waals surface area (Å²) >= 11 is 5.79. The van der Waals surface area contributed by atoms with E-state index in [1.54, 1.807) is 6.07 Å². The zero-order chi connectivity index (χ0) is 11.6. The number of pyridine rings is 1. The van der Waals surface area contributed by atoms with E-state index in [0.717, 1.165) is 6.42 Å². The summed E-state index contributed by atoms with van der Waals surface area (Å²) in [7, 11) is -3.51. The van der Waals surface area contributed by atoms with Crippen LogP contribution in [-0.4, -0.2) is 30.8 Å². The van der Waals surface area contributed by atoms with Crippen LogP contribution < -0.4 is 0 Å². The van der Waals surface area contributed by atoms with Gasteiger partial charge in [-0.05, 0) is 18.6 Å². The fourth-order valence-electron chi connectivity index (χ4n) is 1.54. The van der Waals surface area contributed by atoms with Gasteiger partial charge in [-0.25, -0.2) is 13.4 Å². The zero-order valence-electron chi connectivity index (χ0n) is 8.51. The third-order valence-corrected chi connectivity index (χ3v) is 4.67. The summed E-state index contributed by atoms with van der Waals surface area (Å²) < 4.78 is 25.8. The Balaban J connectivity index is 2.39. The molecule has 0 aliphatic carbocycles. The van der Waals surface area contributed by atoms with Gasteiger partial charge >= 0.3 is 0 Å². The molecule has 0 saturated carbocycles. The molecule has 4 nitrogen and oxygen atoms in total. The van der Waals surface area contributed by atoms with E-state index in [0.29, 0.717) is 13.1 Å². The molecule has 0 atom stereocenters. The Morgan fingerprint density at radius 1 is 1.38 bits per heavy atom. The largest absolute Gasteiger partial charge is 0.246 e. The summed E-state index contributed by atoms with van der Waals surface area (Å²) in [4.78, 5) is 3.86. The molecule has 0 N–H and O–H groups in total. The molecule has 16 heavy (non-hydrogen) atoms. The number of nitrogens with zero attached hydrogens (tertiary/aromatic N) is 2. The normalized spacial score (nSPS) is 17.6. The lowest BCUT2D eigenvalue weighted by molar-refractivity contribution is 0.437. The molecule has 0 radical (unpaired) electrons. The predicted molar refractivity (Wildman–Crippen MR) is 61.8 cm³/mol. The molecule has 1 aliphatic rings. The quantitative estimate of drug-likeness (QED) is 0.599. The Labute approximate surface area is 99.6 Å². The van der Waals surface area contributed by atoms with E-state index in [1.807, 2.05) is 12.2 Å². The number of halogens is 1. The van der Waals surface area contributed by atoms with Crippen molar-refractivity contribution in [2.24, 2.45) is 0 Å². The highest BCUT2D eigenvalue weighted by Gasteiger charge is 2.26. The van der Waals surface area contributed by atoms with Crippen molar-refractivity contribution >= 4 is 21.6 Å². The van der Waals surface area contributed by atoms with Crippen molar-refractivity contribution < 1.29 is 8.42 Å². The molecule has 6 heteroatoms. The summed E-state index contributed by atoms with van der Waals surface area (Å²) in [5, 5.41) is 0.0250. The fraction of sp³-hybridized carbons (Fsp3) is 0.300. The monoisotopic (exact) mass is 258 g/mol. The zero-order valence-corrected chi connectivity index (χ0v) is 10.1. The number of sulfonamides is 1. The van der Waals surface area contributed by atoms with E-state index in [4.69, 9.17) is 11.6 Å². The van der Waals surface area contributed by atoms with Gasteiger partial charge in [0.1, 0.15) is 10.0 Å². The maximum absolute atomic E-state index is 12.2. The highest BCUT2D eigenvalue weighted by molar-refractivity contribution is 7.89. The molecule has 1 aromatic heterocycles. The average Bonchev–Trinajstić information content (AvgIpc) is 2.30. The molecule has 2 heterocycles. The SMILES string of the molecule is O=S(=O)(c1cccnc1Cl)N1CC=CCC1. The van der Waals surface area contributed by atoms with Crippen LogP contribution in [0.2, 0.25) is 5.15 Å². The van der Waals surface area contributed by atoms with E-state index in [1.165, 1.54) is 16.6 Å². The van der Waals surface area contributed by atoms with Gasteiger partial charge in [-0.15, -0.1) is 0 Å². The molecular formula is C10H11ClN2O2S. The Hall–Kier alpha value is -0.910. The maximum Gasteiger partial charge on any atom is 0.246 e. The van der Waals surface area contributed by atoms with Gasteiger partial charge in [0, 0.05) is 19.3 Å². The first-order valence-corrected chi connectivity index (χ1v) is 6.70. The number of hydrogen-bond acceptors (Lipinski definition) is 3. The third kappa shape index (κ3) is 2.11. The smallest absolute Gasteiger partial charge is 0.243 e. The van der Waals surface area contributed by atoms with Crippen molar-refractivity contribution in [3.8, 4) is 0 Å². The molecule has 0 unspecified atom stereocenters. The molecule has 86 valence electrons. The van der Waals surface area contributed by atoms with Gasteiger partial charge in [0.2, 0.25) is 10.0 Å². The Morgan fingerprint density at radius 3 is 2.81 bits per heavy atom. The Bertz CT molecular complexity index is 513. The van der Waals surface area contributed by atoms with Crippen molar-refractivity contribution in [1.29, 1.82) is 0 Å². The van der Waals surface area contributed by atoms with Crippen LogP contribution in [0.4, 0.5) is 0 Å². The average molecular weight is 259 g/mol. The summed E-state index contributed by atoms with van der Waals surface area (Å²) in [5.41, 5.74) is 0. The number of hydrogen-bond donors (Lipinski definition) is 0. The van der Waals surface area contributed by atoms with Crippen molar-refractivity contribution in [1.82, 2.24) is 9.29 Å². The summed E-state index contributed by atoms with van der Waals surface area (Å²) in [6.45, 7) is 0.887. The highest BCUT2D eigenvalue weighted by atomic mass is 35.5. The van der Waals surface area contributed by atoms with Crippen LogP contribution in [0, 0.1) is 0 Å². The second kappa shape index (κ2) is 4.53. The van der Waals surface area contributed by atoms with Crippen molar-refractivity contribution in [2.75, 3.05) is 13.1 Å². The summed E-state index contributed by atoms with van der Waals surface area (Å²) in [6.07, 6.45) is 6.01. The summed E-state index contributed by atoms with van der Waals surface area (Å²) in [6, 6.07) is 3.04. The predicted octanol–water partition coefficient (Wildman–Crippen LogP) is 1.69. The minimum Gasteiger partial charge on any atom is -0.243 e. The molecule has 0 spiro atoms. The van der Waals surface area contributed by atoms with Crippen LogP contribution in [0.15, 0.2) is 35.4 Å². The first-order chi connectivity index (χ1) is 7.62. The van der Waals surface area contributed by atoms with Gasteiger partial charge in [0.05, 0.1) is 0 Å². The highest BCUT2D eigenvalue weighted by Crippen LogP contribution is 2.23. The van der Waals surface area contributed by atoms with Gasteiger partial charge in [-0.1, -0.05) is 23.8 Å². The molecule has 0 aromatic carbocycles. The second-order valence-electron chi connectivity index (χ2n) is 3.42. The lowest BCUT2D eigenvalue weighted by Crippen LogP contribution is -2.34. The van der Waals surface area contributed by atoms with Gasteiger partial charge in [0.25, 0.3) is 0 Å². The maximum atomic E-state index is 12.2. The van der Waals surface area contributed by atoms with Crippen LogP contribution in [0.1, 0.15) is 6.42 Å². The van der Waals surface area contributed by atoms with Crippen molar-refractivity contribution in [3.05, 3.63) is 35.6 Å². The van der Waals surface area contributed by atoms with Crippen LogP contribution in [0.3, 0.4) is 0 Å². The molecule has 0 bridgehead atoms. The van der Waals surface area contributed by atoms with Crippen molar-refractivity contribution in [2.45, 2.75) is 11.3 Å². The van der Waals surface area contributed by atoms with Gasteiger partial charge in [-0.2, -0.15) is 4.31 Å². The first kappa shape index (κ1) is 11.6. The van der Waals surface area contributed by atoms with Crippen LogP contribution in [-0.2, 0) is 10.0 Å². The van der Waals surface area contributed by atoms with Crippen LogP contribution in [0.25, 0.3) is 0 Å². The van der Waals surface area contributed by atoms with E-state index in [-0.39, 0.29) is 10.0 Å². The fourth-order valence-corrected chi connectivity index (χ4v) is 3.38. The van der Waals surface area contributed by atoms with Gasteiger partial charge in [0.15, 0.2) is 0 Å². The minimum atomic E-state index is -3.51. The van der Waals surface area contributed by atoms with Gasteiger partial charge in [-0.3, -0.25) is 0 Å². The molecular weight excluding hydrogens is 248 g/mol. The third-order valence-electron chi connectivity index (χ3n) is 2.36. The Morgan fingerprint density at radius 2 is 2.19 bits per heavy atom. The number of aromatic nitrogens is 1. The first-order valence-electron chi connectivity index (χ1n) is 4.88. The molecule has 1 aliphatic heterocycles. The molecule has 0 amide bonds. The minimum absolute atomic E-state index is 0.0250. The van der Waals surface area contributed by atoms with E-state index in [2.05, 4.69) is 4.98 Å². The van der Waals surface area contributed by atoms with E-state index < -0.39 is 10.0 Å².